The summed E-state index contributed by atoms with van der Waals surface area (Å²) in [5, 5.41) is 18.8. The lowest BCUT2D eigenvalue weighted by atomic mass is 10.4. The zero-order valence-corrected chi connectivity index (χ0v) is 6.04. The Morgan fingerprint density at radius 2 is 2.00 bits per heavy atom. The number of amides is 1. The fourth-order valence-corrected chi connectivity index (χ4v) is 0.507. The van der Waals surface area contributed by atoms with E-state index in [1.165, 1.54) is 0 Å². The molecule has 0 bridgehead atoms. The van der Waals surface area contributed by atoms with Gasteiger partial charge in [-0.2, -0.15) is 0 Å². The van der Waals surface area contributed by atoms with Crippen molar-refractivity contribution in [2.24, 2.45) is 0 Å². The Morgan fingerprint density at radius 3 is 2.45 bits per heavy atom. The summed E-state index contributed by atoms with van der Waals surface area (Å²) in [7, 11) is 0. The maximum Gasteiger partial charge on any atom is 0.312 e. The molecule has 0 saturated heterocycles. The van der Waals surface area contributed by atoms with Crippen molar-refractivity contribution in [2.45, 2.75) is 12.8 Å². The first kappa shape index (κ1) is 9.90. The SMILES string of the molecule is O=C(O)CC(=O)NCCCO. The fourth-order valence-electron chi connectivity index (χ4n) is 0.507. The lowest BCUT2D eigenvalue weighted by Gasteiger charge is -1.99. The first-order chi connectivity index (χ1) is 5.16. The summed E-state index contributed by atoms with van der Waals surface area (Å²) in [6, 6.07) is 0. The summed E-state index contributed by atoms with van der Waals surface area (Å²) >= 11 is 0. The molecule has 0 spiro atoms. The van der Waals surface area contributed by atoms with Gasteiger partial charge in [-0.15, -0.1) is 0 Å². The van der Waals surface area contributed by atoms with Crippen LogP contribution >= 0.6 is 0 Å². The summed E-state index contributed by atoms with van der Waals surface area (Å²) in [4.78, 5) is 20.5. The third-order valence-corrected chi connectivity index (χ3v) is 0.969. The first-order valence-electron chi connectivity index (χ1n) is 3.26. The number of nitrogens with one attached hydrogen (secondary N) is 1. The summed E-state index contributed by atoms with van der Waals surface area (Å²) in [6.07, 6.45) is -0.0587. The Kier molecular flexibility index (Phi) is 5.10. The number of carboxylic acids is 1. The van der Waals surface area contributed by atoms with Gasteiger partial charge in [-0.1, -0.05) is 0 Å². The van der Waals surface area contributed by atoms with Crippen molar-refractivity contribution in [2.75, 3.05) is 13.2 Å². The molecule has 5 heteroatoms. The number of aliphatic hydroxyl groups is 1. The van der Waals surface area contributed by atoms with Gasteiger partial charge in [-0.05, 0) is 6.42 Å². The maximum absolute atomic E-state index is 10.6. The minimum absolute atomic E-state index is 0.00660. The molecule has 0 aromatic heterocycles. The highest BCUT2D eigenvalue weighted by Gasteiger charge is 2.05. The van der Waals surface area contributed by atoms with Crippen LogP contribution in [0, 0.1) is 0 Å². The highest BCUT2D eigenvalue weighted by molar-refractivity contribution is 5.93. The Hall–Kier alpha value is -1.10. The number of aliphatic carboxylic acids is 1. The van der Waals surface area contributed by atoms with Gasteiger partial charge >= 0.3 is 5.97 Å². The molecule has 64 valence electrons. The quantitative estimate of drug-likeness (QED) is 0.355. The van der Waals surface area contributed by atoms with Crippen LogP contribution in [-0.4, -0.2) is 35.2 Å². The molecule has 0 saturated carbocycles. The van der Waals surface area contributed by atoms with Crippen molar-refractivity contribution >= 4 is 11.9 Å². The average molecular weight is 161 g/mol. The van der Waals surface area contributed by atoms with E-state index in [2.05, 4.69) is 5.32 Å². The Labute approximate surface area is 64.0 Å². The minimum atomic E-state index is -1.15. The van der Waals surface area contributed by atoms with Crippen LogP contribution in [0.1, 0.15) is 12.8 Å². The predicted molar refractivity (Wildman–Crippen MR) is 37.0 cm³/mol. The lowest BCUT2D eigenvalue weighted by molar-refractivity contribution is -0.140. The minimum Gasteiger partial charge on any atom is -0.481 e. The van der Waals surface area contributed by atoms with Crippen LogP contribution in [-0.2, 0) is 9.59 Å². The highest BCUT2D eigenvalue weighted by Crippen LogP contribution is 1.79. The number of hydrogen-bond donors (Lipinski definition) is 3. The van der Waals surface area contributed by atoms with Gasteiger partial charge < -0.3 is 15.5 Å². The molecule has 3 N–H and O–H groups in total. The number of aliphatic hydroxyl groups excluding tert-OH is 1. The Balaban J connectivity index is 3.30. The van der Waals surface area contributed by atoms with E-state index in [1.54, 1.807) is 0 Å². The standard InChI is InChI=1S/C6H11NO4/c8-3-1-2-7-5(9)4-6(10)11/h8H,1-4H2,(H,7,9)(H,10,11). The van der Waals surface area contributed by atoms with Gasteiger partial charge in [0.15, 0.2) is 0 Å². The van der Waals surface area contributed by atoms with Crippen LogP contribution in [0.25, 0.3) is 0 Å². The molecule has 1 amide bonds. The monoisotopic (exact) mass is 161 g/mol. The molecule has 0 aromatic carbocycles. The Morgan fingerprint density at radius 1 is 1.36 bits per heavy atom. The number of carboxylic acid groups (broad SMARTS) is 1. The normalized spacial score (nSPS) is 9.18. The van der Waals surface area contributed by atoms with Crippen molar-refractivity contribution in [1.29, 1.82) is 0 Å². The second kappa shape index (κ2) is 5.67. The molecule has 0 fully saturated rings. The summed E-state index contributed by atoms with van der Waals surface area (Å²) in [5.74, 6) is -1.67. The van der Waals surface area contributed by atoms with Crippen LogP contribution in [0.3, 0.4) is 0 Å². The van der Waals surface area contributed by atoms with Gasteiger partial charge in [0.1, 0.15) is 6.42 Å². The van der Waals surface area contributed by atoms with E-state index in [0.717, 1.165) is 0 Å². The van der Waals surface area contributed by atoms with E-state index in [1.807, 2.05) is 0 Å². The smallest absolute Gasteiger partial charge is 0.312 e. The molecule has 0 aliphatic heterocycles. The van der Waals surface area contributed by atoms with Crippen LogP contribution in [0.2, 0.25) is 0 Å². The first-order valence-corrected chi connectivity index (χ1v) is 3.26. The molecule has 0 atom stereocenters. The van der Waals surface area contributed by atoms with Gasteiger partial charge in [0.25, 0.3) is 0 Å². The van der Waals surface area contributed by atoms with Crippen molar-refractivity contribution in [3.8, 4) is 0 Å². The van der Waals surface area contributed by atoms with Gasteiger partial charge in [0, 0.05) is 13.2 Å². The third-order valence-electron chi connectivity index (χ3n) is 0.969. The third kappa shape index (κ3) is 6.79. The van der Waals surface area contributed by atoms with Gasteiger partial charge in [0.05, 0.1) is 0 Å². The van der Waals surface area contributed by atoms with Crippen LogP contribution in [0.15, 0.2) is 0 Å². The molecule has 5 nitrogen and oxygen atoms in total. The van der Waals surface area contributed by atoms with Crippen molar-refractivity contribution < 1.29 is 19.8 Å². The molecule has 0 aromatic rings. The van der Waals surface area contributed by atoms with Gasteiger partial charge in [-0.3, -0.25) is 9.59 Å². The number of hydrogen-bond acceptors (Lipinski definition) is 3. The zero-order valence-electron chi connectivity index (χ0n) is 6.04. The summed E-state index contributed by atoms with van der Waals surface area (Å²) in [6.45, 7) is 0.315. The maximum atomic E-state index is 10.6. The molecule has 11 heavy (non-hydrogen) atoms. The molecule has 0 aliphatic rings. The van der Waals surface area contributed by atoms with E-state index in [9.17, 15) is 9.59 Å². The molecular formula is C6H11NO4. The molecular weight excluding hydrogens is 150 g/mol. The molecule has 0 unspecified atom stereocenters. The molecule has 0 aliphatic carbocycles. The number of rotatable bonds is 5. The van der Waals surface area contributed by atoms with E-state index >= 15 is 0 Å². The average Bonchev–Trinajstić information content (AvgIpc) is 1.86. The summed E-state index contributed by atoms with van der Waals surface area (Å²) in [5.41, 5.74) is 0. The summed E-state index contributed by atoms with van der Waals surface area (Å²) < 4.78 is 0. The topological polar surface area (TPSA) is 86.6 Å². The van der Waals surface area contributed by atoms with Crippen molar-refractivity contribution in [3.63, 3.8) is 0 Å². The van der Waals surface area contributed by atoms with Gasteiger partial charge in [0.2, 0.25) is 5.91 Å². The van der Waals surface area contributed by atoms with E-state index in [4.69, 9.17) is 10.2 Å². The predicted octanol–water partition coefficient (Wildman–Crippen LogP) is -1.04. The van der Waals surface area contributed by atoms with Crippen molar-refractivity contribution in [3.05, 3.63) is 0 Å². The second-order valence-corrected chi connectivity index (χ2v) is 2.00. The Bertz CT molecular complexity index is 146. The number of carbonyl (C=O) groups excluding carboxylic acids is 1. The van der Waals surface area contributed by atoms with Crippen LogP contribution in [0.4, 0.5) is 0 Å². The molecule has 0 heterocycles. The van der Waals surface area contributed by atoms with Crippen molar-refractivity contribution in [1.82, 2.24) is 5.32 Å². The zero-order chi connectivity index (χ0) is 8.69. The molecule has 0 rings (SSSR count). The second-order valence-electron chi connectivity index (χ2n) is 2.00. The lowest BCUT2D eigenvalue weighted by Crippen LogP contribution is -2.26. The molecule has 0 radical (unpaired) electrons. The van der Waals surface area contributed by atoms with Crippen LogP contribution < -0.4 is 5.32 Å². The van der Waals surface area contributed by atoms with Gasteiger partial charge in [-0.25, -0.2) is 0 Å². The largest absolute Gasteiger partial charge is 0.481 e. The highest BCUT2D eigenvalue weighted by atomic mass is 16.4. The van der Waals surface area contributed by atoms with E-state index < -0.39 is 18.3 Å². The van der Waals surface area contributed by atoms with Crippen LogP contribution in [0.5, 0.6) is 0 Å². The fraction of sp³-hybridized carbons (Fsp3) is 0.667. The van der Waals surface area contributed by atoms with E-state index in [-0.39, 0.29) is 6.61 Å². The van der Waals surface area contributed by atoms with E-state index in [0.29, 0.717) is 13.0 Å². The number of carbonyl (C=O) groups is 2.